The molecule has 1 aromatic heterocycles. The molecule has 0 atom stereocenters. The standard InChI is InChI=1S/C25H22N4O3/c26-23(27)21-14-29-22-9-4-15(12-20(21)22)10-11-28-24(30)17-7-5-16(6-8-17)18-2-1-3-19(13-18)25(31)32/h1-9,12-14,29H,10-11H2,(H3,26,27)(H,28,30)(H,31,32). The first kappa shape index (κ1) is 20.9. The van der Waals surface area contributed by atoms with Gasteiger partial charge in [0, 0.05) is 34.8 Å². The first-order chi connectivity index (χ1) is 15.4. The maximum atomic E-state index is 12.5. The Hall–Kier alpha value is -4.39. The van der Waals surface area contributed by atoms with E-state index < -0.39 is 5.97 Å². The first-order valence-electron chi connectivity index (χ1n) is 10.1. The van der Waals surface area contributed by atoms with Gasteiger partial charge in [0.05, 0.1) is 5.56 Å². The Kier molecular flexibility index (Phi) is 5.72. The molecular weight excluding hydrogens is 404 g/mol. The van der Waals surface area contributed by atoms with Crippen LogP contribution in [0.5, 0.6) is 0 Å². The van der Waals surface area contributed by atoms with E-state index >= 15 is 0 Å². The lowest BCUT2D eigenvalue weighted by Crippen LogP contribution is -2.25. The number of hydrogen-bond acceptors (Lipinski definition) is 3. The minimum atomic E-state index is -0.976. The van der Waals surface area contributed by atoms with E-state index in [2.05, 4.69) is 10.3 Å². The average molecular weight is 426 g/mol. The highest BCUT2D eigenvalue weighted by Crippen LogP contribution is 2.22. The van der Waals surface area contributed by atoms with Crippen molar-refractivity contribution in [3.05, 3.63) is 95.2 Å². The van der Waals surface area contributed by atoms with Crippen molar-refractivity contribution in [1.82, 2.24) is 10.3 Å². The van der Waals surface area contributed by atoms with E-state index in [1.54, 1.807) is 48.7 Å². The molecule has 4 aromatic rings. The zero-order valence-corrected chi connectivity index (χ0v) is 17.2. The third kappa shape index (κ3) is 4.37. The summed E-state index contributed by atoms with van der Waals surface area (Å²) in [5.41, 5.74) is 10.6. The smallest absolute Gasteiger partial charge is 0.335 e. The summed E-state index contributed by atoms with van der Waals surface area (Å²) in [6.45, 7) is 0.465. The molecule has 4 rings (SSSR count). The van der Waals surface area contributed by atoms with E-state index in [0.29, 0.717) is 24.1 Å². The van der Waals surface area contributed by atoms with Crippen molar-refractivity contribution in [3.63, 3.8) is 0 Å². The zero-order valence-electron chi connectivity index (χ0n) is 17.2. The number of fused-ring (bicyclic) bond motifs is 1. The summed E-state index contributed by atoms with van der Waals surface area (Å²) in [5.74, 6) is -1.14. The summed E-state index contributed by atoms with van der Waals surface area (Å²) in [4.78, 5) is 26.8. The molecule has 7 nitrogen and oxygen atoms in total. The van der Waals surface area contributed by atoms with Gasteiger partial charge in [0.15, 0.2) is 0 Å². The number of carboxylic acids is 1. The normalized spacial score (nSPS) is 10.8. The van der Waals surface area contributed by atoms with Gasteiger partial charge in [-0.3, -0.25) is 10.2 Å². The molecule has 0 saturated carbocycles. The number of amides is 1. The van der Waals surface area contributed by atoms with Crippen LogP contribution in [-0.2, 0) is 6.42 Å². The molecule has 7 heteroatoms. The molecule has 0 fully saturated rings. The minimum Gasteiger partial charge on any atom is -0.478 e. The van der Waals surface area contributed by atoms with Gasteiger partial charge in [-0.15, -0.1) is 0 Å². The number of carbonyl (C=O) groups is 2. The molecule has 0 aliphatic carbocycles. The van der Waals surface area contributed by atoms with E-state index in [-0.39, 0.29) is 17.3 Å². The Morgan fingerprint density at radius 3 is 2.47 bits per heavy atom. The quantitative estimate of drug-likeness (QED) is 0.227. The Bertz CT molecular complexity index is 1320. The number of nitrogens with two attached hydrogens (primary N) is 1. The lowest BCUT2D eigenvalue weighted by Gasteiger charge is -2.08. The Morgan fingerprint density at radius 1 is 0.969 bits per heavy atom. The third-order valence-corrected chi connectivity index (χ3v) is 5.33. The van der Waals surface area contributed by atoms with Crippen LogP contribution in [0.1, 0.15) is 31.8 Å². The van der Waals surface area contributed by atoms with Gasteiger partial charge >= 0.3 is 5.97 Å². The topological polar surface area (TPSA) is 132 Å². The van der Waals surface area contributed by atoms with Gasteiger partial charge < -0.3 is 21.1 Å². The molecule has 0 spiro atoms. The summed E-state index contributed by atoms with van der Waals surface area (Å²) >= 11 is 0. The molecule has 0 bridgehead atoms. The number of aromatic carboxylic acids is 1. The number of nitrogen functional groups attached to an aromatic ring is 1. The van der Waals surface area contributed by atoms with Crippen LogP contribution in [0.4, 0.5) is 0 Å². The molecule has 0 aliphatic heterocycles. The molecule has 32 heavy (non-hydrogen) atoms. The molecule has 0 radical (unpaired) electrons. The van der Waals surface area contributed by atoms with Crippen molar-refractivity contribution in [3.8, 4) is 11.1 Å². The Labute approximate surface area is 184 Å². The van der Waals surface area contributed by atoms with E-state index in [9.17, 15) is 9.59 Å². The number of amidine groups is 1. The fraction of sp³-hybridized carbons (Fsp3) is 0.0800. The fourth-order valence-electron chi connectivity index (χ4n) is 3.61. The van der Waals surface area contributed by atoms with Crippen molar-refractivity contribution in [2.24, 2.45) is 5.73 Å². The minimum absolute atomic E-state index is 0.0137. The van der Waals surface area contributed by atoms with Crippen molar-refractivity contribution in [2.45, 2.75) is 6.42 Å². The molecule has 0 saturated heterocycles. The van der Waals surface area contributed by atoms with Gasteiger partial charge in [-0.05, 0) is 59.5 Å². The molecular formula is C25H22N4O3. The molecule has 1 amide bonds. The van der Waals surface area contributed by atoms with E-state index in [0.717, 1.165) is 27.6 Å². The van der Waals surface area contributed by atoms with Crippen LogP contribution in [0.3, 0.4) is 0 Å². The van der Waals surface area contributed by atoms with Gasteiger partial charge in [0.1, 0.15) is 5.84 Å². The molecule has 0 unspecified atom stereocenters. The summed E-state index contributed by atoms with van der Waals surface area (Å²) in [6.07, 6.45) is 2.37. The van der Waals surface area contributed by atoms with Gasteiger partial charge in [-0.1, -0.05) is 30.3 Å². The van der Waals surface area contributed by atoms with Crippen LogP contribution in [0.2, 0.25) is 0 Å². The van der Waals surface area contributed by atoms with Crippen molar-refractivity contribution >= 4 is 28.6 Å². The van der Waals surface area contributed by atoms with Crippen LogP contribution in [0.25, 0.3) is 22.0 Å². The average Bonchev–Trinajstić information content (AvgIpc) is 3.23. The largest absolute Gasteiger partial charge is 0.478 e. The van der Waals surface area contributed by atoms with Gasteiger partial charge in [0.2, 0.25) is 0 Å². The monoisotopic (exact) mass is 426 g/mol. The highest BCUT2D eigenvalue weighted by molar-refractivity contribution is 6.07. The molecule has 0 aliphatic rings. The lowest BCUT2D eigenvalue weighted by molar-refractivity contribution is 0.0696. The Morgan fingerprint density at radius 2 is 1.75 bits per heavy atom. The highest BCUT2D eigenvalue weighted by Gasteiger charge is 2.09. The summed E-state index contributed by atoms with van der Waals surface area (Å²) in [7, 11) is 0. The van der Waals surface area contributed by atoms with Gasteiger partial charge in [-0.2, -0.15) is 0 Å². The lowest BCUT2D eigenvalue weighted by atomic mass is 10.0. The second-order valence-electron chi connectivity index (χ2n) is 7.47. The number of benzene rings is 3. The van der Waals surface area contributed by atoms with E-state index in [4.69, 9.17) is 16.2 Å². The first-order valence-corrected chi connectivity index (χ1v) is 10.1. The van der Waals surface area contributed by atoms with Crippen LogP contribution in [0.15, 0.2) is 72.9 Å². The van der Waals surface area contributed by atoms with E-state index in [1.807, 2.05) is 24.3 Å². The molecule has 1 heterocycles. The van der Waals surface area contributed by atoms with Crippen LogP contribution < -0.4 is 11.1 Å². The van der Waals surface area contributed by atoms with E-state index in [1.165, 1.54) is 0 Å². The number of hydrogen-bond donors (Lipinski definition) is 5. The van der Waals surface area contributed by atoms with Crippen molar-refractivity contribution in [1.29, 1.82) is 5.41 Å². The SMILES string of the molecule is N=C(N)c1c[nH]c2ccc(CCNC(=O)c3ccc(-c4cccc(C(=O)O)c4)cc3)cc12. The van der Waals surface area contributed by atoms with Gasteiger partial charge in [-0.25, -0.2) is 4.79 Å². The number of aromatic amines is 1. The predicted octanol–water partition coefficient (Wildman–Crippen LogP) is 3.79. The molecule has 160 valence electrons. The number of carbonyl (C=O) groups excluding carboxylic acids is 1. The summed E-state index contributed by atoms with van der Waals surface area (Å²) < 4.78 is 0. The fourth-order valence-corrected chi connectivity index (χ4v) is 3.61. The maximum absolute atomic E-state index is 12.5. The number of aromatic nitrogens is 1. The van der Waals surface area contributed by atoms with Crippen LogP contribution in [0, 0.1) is 5.41 Å². The second kappa shape index (κ2) is 8.77. The molecule has 6 N–H and O–H groups in total. The van der Waals surface area contributed by atoms with Crippen molar-refractivity contribution in [2.75, 3.05) is 6.54 Å². The van der Waals surface area contributed by atoms with Crippen LogP contribution >= 0.6 is 0 Å². The second-order valence-corrected chi connectivity index (χ2v) is 7.47. The molecule has 3 aromatic carbocycles. The Balaban J connectivity index is 1.39. The highest BCUT2D eigenvalue weighted by atomic mass is 16.4. The number of H-pyrrole nitrogens is 1. The predicted molar refractivity (Wildman–Crippen MR) is 124 cm³/mol. The zero-order chi connectivity index (χ0) is 22.7. The number of nitrogens with one attached hydrogen (secondary N) is 3. The van der Waals surface area contributed by atoms with Crippen LogP contribution in [-0.4, -0.2) is 34.3 Å². The van der Waals surface area contributed by atoms with Crippen molar-refractivity contribution < 1.29 is 14.7 Å². The maximum Gasteiger partial charge on any atom is 0.335 e. The number of carboxylic acid groups (broad SMARTS) is 1. The summed E-state index contributed by atoms with van der Waals surface area (Å²) in [6, 6.07) is 19.6. The number of rotatable bonds is 7. The summed E-state index contributed by atoms with van der Waals surface area (Å²) in [5, 5.41) is 20.6. The third-order valence-electron chi connectivity index (χ3n) is 5.33. The van der Waals surface area contributed by atoms with Gasteiger partial charge in [0.25, 0.3) is 5.91 Å².